The highest BCUT2D eigenvalue weighted by Gasteiger charge is 2.22. The SMILES string of the molecule is CC1CCCCN1Cc1cc(N)n(C(C)(C)C)n1. The topological polar surface area (TPSA) is 47.1 Å². The Bertz CT molecular complexity index is 402. The van der Waals surface area contributed by atoms with Crippen LogP contribution >= 0.6 is 0 Å². The van der Waals surface area contributed by atoms with Gasteiger partial charge in [0.1, 0.15) is 5.82 Å². The van der Waals surface area contributed by atoms with E-state index < -0.39 is 0 Å². The maximum absolute atomic E-state index is 6.05. The van der Waals surface area contributed by atoms with Crippen molar-refractivity contribution in [2.24, 2.45) is 0 Å². The molecule has 4 heteroatoms. The van der Waals surface area contributed by atoms with Crippen LogP contribution in [0.5, 0.6) is 0 Å². The Labute approximate surface area is 110 Å². The molecule has 1 aliphatic heterocycles. The molecule has 18 heavy (non-hydrogen) atoms. The Balaban J connectivity index is 2.10. The van der Waals surface area contributed by atoms with Crippen molar-refractivity contribution in [3.05, 3.63) is 11.8 Å². The van der Waals surface area contributed by atoms with Gasteiger partial charge in [-0.3, -0.25) is 4.90 Å². The molecule has 1 atom stereocenters. The van der Waals surface area contributed by atoms with Crippen LogP contribution in [0.3, 0.4) is 0 Å². The van der Waals surface area contributed by atoms with E-state index in [1.54, 1.807) is 0 Å². The van der Waals surface area contributed by atoms with E-state index in [2.05, 4.69) is 37.7 Å². The van der Waals surface area contributed by atoms with Crippen molar-refractivity contribution in [3.8, 4) is 0 Å². The lowest BCUT2D eigenvalue weighted by Gasteiger charge is -2.32. The van der Waals surface area contributed by atoms with Crippen LogP contribution in [0.1, 0.15) is 52.7 Å². The van der Waals surface area contributed by atoms with Gasteiger partial charge in [-0.05, 0) is 47.1 Å². The van der Waals surface area contributed by atoms with E-state index >= 15 is 0 Å². The number of likely N-dealkylation sites (tertiary alicyclic amines) is 1. The third kappa shape index (κ3) is 2.86. The summed E-state index contributed by atoms with van der Waals surface area (Å²) >= 11 is 0. The summed E-state index contributed by atoms with van der Waals surface area (Å²) in [5.41, 5.74) is 7.10. The summed E-state index contributed by atoms with van der Waals surface area (Å²) in [6.45, 7) is 10.8. The lowest BCUT2D eigenvalue weighted by Crippen LogP contribution is -2.37. The van der Waals surface area contributed by atoms with Crippen LogP contribution in [-0.4, -0.2) is 27.3 Å². The maximum Gasteiger partial charge on any atom is 0.122 e. The van der Waals surface area contributed by atoms with Crippen LogP contribution in [0.25, 0.3) is 0 Å². The molecule has 1 saturated heterocycles. The fourth-order valence-electron chi connectivity index (χ4n) is 2.66. The van der Waals surface area contributed by atoms with Crippen molar-refractivity contribution in [1.29, 1.82) is 0 Å². The minimum absolute atomic E-state index is 0.0458. The molecule has 4 nitrogen and oxygen atoms in total. The first-order valence-electron chi connectivity index (χ1n) is 6.97. The monoisotopic (exact) mass is 250 g/mol. The Hall–Kier alpha value is -1.03. The van der Waals surface area contributed by atoms with Gasteiger partial charge in [0, 0.05) is 18.7 Å². The number of rotatable bonds is 2. The number of nitrogen functional groups attached to an aromatic ring is 1. The van der Waals surface area contributed by atoms with Crippen molar-refractivity contribution in [2.45, 2.75) is 65.1 Å². The number of hydrogen-bond acceptors (Lipinski definition) is 3. The molecule has 102 valence electrons. The maximum atomic E-state index is 6.05. The largest absolute Gasteiger partial charge is 0.384 e. The van der Waals surface area contributed by atoms with Crippen molar-refractivity contribution >= 4 is 5.82 Å². The van der Waals surface area contributed by atoms with Crippen LogP contribution in [0.2, 0.25) is 0 Å². The van der Waals surface area contributed by atoms with Gasteiger partial charge in [0.05, 0.1) is 11.2 Å². The molecular formula is C14H26N4. The summed E-state index contributed by atoms with van der Waals surface area (Å²) < 4.78 is 1.93. The molecule has 2 heterocycles. The van der Waals surface area contributed by atoms with Crippen LogP contribution in [0, 0.1) is 0 Å². The summed E-state index contributed by atoms with van der Waals surface area (Å²) in [4.78, 5) is 2.51. The molecule has 1 fully saturated rings. The normalized spacial score (nSPS) is 22.3. The molecule has 2 N–H and O–H groups in total. The van der Waals surface area contributed by atoms with Crippen molar-refractivity contribution in [1.82, 2.24) is 14.7 Å². The lowest BCUT2D eigenvalue weighted by atomic mass is 10.0. The van der Waals surface area contributed by atoms with Crippen LogP contribution in [0.15, 0.2) is 6.07 Å². The highest BCUT2D eigenvalue weighted by Crippen LogP contribution is 2.22. The number of hydrogen-bond donors (Lipinski definition) is 1. The highest BCUT2D eigenvalue weighted by atomic mass is 15.4. The first kappa shape index (κ1) is 13.4. The molecule has 0 amide bonds. The van der Waals surface area contributed by atoms with Crippen LogP contribution < -0.4 is 5.73 Å². The van der Waals surface area contributed by atoms with E-state index in [1.807, 2.05) is 10.7 Å². The predicted molar refractivity (Wildman–Crippen MR) is 75.4 cm³/mol. The minimum Gasteiger partial charge on any atom is -0.384 e. The second-order valence-electron chi connectivity index (χ2n) is 6.46. The van der Waals surface area contributed by atoms with E-state index in [0.717, 1.165) is 18.1 Å². The van der Waals surface area contributed by atoms with E-state index in [9.17, 15) is 0 Å². The van der Waals surface area contributed by atoms with Gasteiger partial charge in [-0.2, -0.15) is 5.10 Å². The zero-order valence-corrected chi connectivity index (χ0v) is 12.1. The molecule has 1 unspecified atom stereocenters. The molecular weight excluding hydrogens is 224 g/mol. The van der Waals surface area contributed by atoms with Gasteiger partial charge in [-0.1, -0.05) is 6.42 Å². The molecule has 0 aromatic carbocycles. The minimum atomic E-state index is -0.0458. The zero-order valence-electron chi connectivity index (χ0n) is 12.1. The first-order chi connectivity index (χ1) is 8.38. The quantitative estimate of drug-likeness (QED) is 0.877. The third-order valence-corrected chi connectivity index (χ3v) is 3.73. The molecule has 0 spiro atoms. The third-order valence-electron chi connectivity index (χ3n) is 3.73. The summed E-state index contributed by atoms with van der Waals surface area (Å²) in [7, 11) is 0. The summed E-state index contributed by atoms with van der Waals surface area (Å²) in [5, 5.41) is 4.66. The molecule has 1 aromatic rings. The first-order valence-corrected chi connectivity index (χ1v) is 6.97. The standard InChI is InChI=1S/C14H26N4/c1-11-7-5-6-8-17(11)10-12-9-13(15)18(16-12)14(2,3)4/h9,11H,5-8,10,15H2,1-4H3. The average Bonchev–Trinajstić information content (AvgIpc) is 2.63. The van der Waals surface area contributed by atoms with Crippen LogP contribution in [-0.2, 0) is 12.1 Å². The summed E-state index contributed by atoms with van der Waals surface area (Å²) in [6, 6.07) is 2.69. The van der Waals surface area contributed by atoms with Gasteiger partial charge in [-0.15, -0.1) is 0 Å². The number of nitrogens with two attached hydrogens (primary N) is 1. The second kappa shape index (κ2) is 4.92. The van der Waals surface area contributed by atoms with Crippen molar-refractivity contribution in [3.63, 3.8) is 0 Å². The molecule has 0 saturated carbocycles. The van der Waals surface area contributed by atoms with E-state index in [1.165, 1.54) is 25.8 Å². The van der Waals surface area contributed by atoms with Crippen LogP contribution in [0.4, 0.5) is 5.82 Å². The van der Waals surface area contributed by atoms with Gasteiger partial charge in [0.25, 0.3) is 0 Å². The number of aromatic nitrogens is 2. The molecule has 2 rings (SSSR count). The Kier molecular flexibility index (Phi) is 3.66. The van der Waals surface area contributed by atoms with Gasteiger partial charge >= 0.3 is 0 Å². The Morgan fingerprint density at radius 1 is 1.39 bits per heavy atom. The summed E-state index contributed by atoms with van der Waals surface area (Å²) in [5.74, 6) is 0.766. The number of piperidine rings is 1. The second-order valence-corrected chi connectivity index (χ2v) is 6.46. The van der Waals surface area contributed by atoms with Crippen molar-refractivity contribution < 1.29 is 0 Å². The molecule has 0 bridgehead atoms. The molecule has 0 radical (unpaired) electrons. The molecule has 0 aliphatic carbocycles. The van der Waals surface area contributed by atoms with E-state index in [4.69, 9.17) is 5.73 Å². The molecule has 1 aromatic heterocycles. The molecule has 1 aliphatic rings. The zero-order chi connectivity index (χ0) is 13.3. The van der Waals surface area contributed by atoms with Gasteiger partial charge in [0.2, 0.25) is 0 Å². The summed E-state index contributed by atoms with van der Waals surface area (Å²) in [6.07, 6.45) is 3.96. The predicted octanol–water partition coefficient (Wildman–Crippen LogP) is 2.59. The van der Waals surface area contributed by atoms with E-state index in [-0.39, 0.29) is 5.54 Å². The van der Waals surface area contributed by atoms with Gasteiger partial charge < -0.3 is 5.73 Å². The Morgan fingerprint density at radius 2 is 2.11 bits per heavy atom. The van der Waals surface area contributed by atoms with Gasteiger partial charge in [-0.25, -0.2) is 4.68 Å². The smallest absolute Gasteiger partial charge is 0.122 e. The number of nitrogens with zero attached hydrogens (tertiary/aromatic N) is 3. The lowest BCUT2D eigenvalue weighted by molar-refractivity contribution is 0.150. The van der Waals surface area contributed by atoms with E-state index in [0.29, 0.717) is 6.04 Å². The average molecular weight is 250 g/mol. The number of anilines is 1. The van der Waals surface area contributed by atoms with Gasteiger partial charge in [0.15, 0.2) is 0 Å². The Morgan fingerprint density at radius 3 is 2.67 bits per heavy atom. The van der Waals surface area contributed by atoms with Crippen molar-refractivity contribution in [2.75, 3.05) is 12.3 Å². The fraction of sp³-hybridized carbons (Fsp3) is 0.786. The fourth-order valence-corrected chi connectivity index (χ4v) is 2.66. The highest BCUT2D eigenvalue weighted by molar-refractivity contribution is 5.32.